The lowest BCUT2D eigenvalue weighted by atomic mass is 10.0. The Balaban J connectivity index is 2.55. The molecule has 2 aromatic rings. The van der Waals surface area contributed by atoms with Crippen LogP contribution in [0.2, 0.25) is 0 Å². The summed E-state index contributed by atoms with van der Waals surface area (Å²) in [5.41, 5.74) is 1.81. The molecule has 2 rings (SSSR count). The van der Waals surface area contributed by atoms with Gasteiger partial charge in [-0.2, -0.15) is 5.10 Å². The fourth-order valence-electron chi connectivity index (χ4n) is 1.80. The molecule has 2 aromatic heterocycles. The van der Waals surface area contributed by atoms with Gasteiger partial charge in [-0.1, -0.05) is 0 Å². The molecule has 0 unspecified atom stereocenters. The monoisotopic (exact) mass is 233 g/mol. The van der Waals surface area contributed by atoms with E-state index < -0.39 is 5.82 Å². The SMILES string of the molecule is Cc1nn(C)c(C)c1C(=O)c1ccncc1F. The molecule has 2 heterocycles. The second-order valence-corrected chi connectivity index (χ2v) is 3.85. The molecule has 0 aromatic carbocycles. The first-order chi connectivity index (χ1) is 8.02. The Bertz CT molecular complexity index is 589. The van der Waals surface area contributed by atoms with E-state index in [1.54, 1.807) is 25.6 Å². The lowest BCUT2D eigenvalue weighted by molar-refractivity contribution is 0.103. The molecule has 0 saturated carbocycles. The van der Waals surface area contributed by atoms with E-state index in [4.69, 9.17) is 0 Å². The molecule has 0 radical (unpaired) electrons. The van der Waals surface area contributed by atoms with Crippen molar-refractivity contribution < 1.29 is 9.18 Å². The number of rotatable bonds is 2. The van der Waals surface area contributed by atoms with Crippen LogP contribution in [-0.2, 0) is 7.05 Å². The van der Waals surface area contributed by atoms with Gasteiger partial charge in [-0.25, -0.2) is 4.39 Å². The predicted octanol–water partition coefficient (Wildman–Crippen LogP) is 1.80. The standard InChI is InChI=1S/C12H12FN3O/c1-7-11(8(2)16(3)15-7)12(17)9-4-5-14-6-10(9)13/h4-6H,1-3H3. The van der Waals surface area contributed by atoms with Crippen molar-refractivity contribution in [1.82, 2.24) is 14.8 Å². The van der Waals surface area contributed by atoms with Crippen LogP contribution in [0.3, 0.4) is 0 Å². The zero-order chi connectivity index (χ0) is 12.6. The third-order valence-electron chi connectivity index (χ3n) is 2.75. The van der Waals surface area contributed by atoms with Crippen molar-refractivity contribution in [3.63, 3.8) is 0 Å². The number of nitrogens with zero attached hydrogens (tertiary/aromatic N) is 3. The quantitative estimate of drug-likeness (QED) is 0.743. The van der Waals surface area contributed by atoms with Gasteiger partial charge < -0.3 is 0 Å². The number of carbonyl (C=O) groups is 1. The van der Waals surface area contributed by atoms with Crippen molar-refractivity contribution in [2.45, 2.75) is 13.8 Å². The molecule has 0 aliphatic rings. The summed E-state index contributed by atoms with van der Waals surface area (Å²) in [4.78, 5) is 15.8. The van der Waals surface area contributed by atoms with Crippen LogP contribution in [0.15, 0.2) is 18.5 Å². The second-order valence-electron chi connectivity index (χ2n) is 3.85. The molecular weight excluding hydrogens is 221 g/mol. The fourth-order valence-corrected chi connectivity index (χ4v) is 1.80. The second kappa shape index (κ2) is 4.08. The van der Waals surface area contributed by atoms with Gasteiger partial charge in [0.1, 0.15) is 0 Å². The molecule has 0 bridgehead atoms. The molecule has 0 atom stereocenters. The van der Waals surface area contributed by atoms with Crippen LogP contribution >= 0.6 is 0 Å². The number of aryl methyl sites for hydroxylation is 2. The Hall–Kier alpha value is -2.04. The molecule has 0 aliphatic heterocycles. The van der Waals surface area contributed by atoms with E-state index in [2.05, 4.69) is 10.1 Å². The smallest absolute Gasteiger partial charge is 0.199 e. The van der Waals surface area contributed by atoms with Crippen LogP contribution in [0, 0.1) is 19.7 Å². The summed E-state index contributed by atoms with van der Waals surface area (Å²) in [6, 6.07) is 1.38. The summed E-state index contributed by atoms with van der Waals surface area (Å²) >= 11 is 0. The highest BCUT2D eigenvalue weighted by atomic mass is 19.1. The normalized spacial score (nSPS) is 10.6. The van der Waals surface area contributed by atoms with E-state index in [-0.39, 0.29) is 11.3 Å². The lowest BCUT2D eigenvalue weighted by Gasteiger charge is -2.02. The van der Waals surface area contributed by atoms with Crippen molar-refractivity contribution >= 4 is 5.78 Å². The summed E-state index contributed by atoms with van der Waals surface area (Å²) in [6.07, 6.45) is 2.44. The van der Waals surface area contributed by atoms with Gasteiger partial charge in [-0.3, -0.25) is 14.5 Å². The first kappa shape index (κ1) is 11.4. The number of hydrogen-bond donors (Lipinski definition) is 0. The van der Waals surface area contributed by atoms with Crippen LogP contribution in [0.25, 0.3) is 0 Å². The van der Waals surface area contributed by atoms with Crippen molar-refractivity contribution in [2.24, 2.45) is 7.05 Å². The predicted molar refractivity (Wildman–Crippen MR) is 60.3 cm³/mol. The minimum Gasteiger partial charge on any atom is -0.288 e. The van der Waals surface area contributed by atoms with Gasteiger partial charge in [-0.05, 0) is 19.9 Å². The maximum Gasteiger partial charge on any atom is 0.199 e. The molecule has 5 heteroatoms. The van der Waals surface area contributed by atoms with Gasteiger partial charge in [-0.15, -0.1) is 0 Å². The summed E-state index contributed by atoms with van der Waals surface area (Å²) in [5, 5.41) is 4.14. The van der Waals surface area contributed by atoms with E-state index in [0.29, 0.717) is 11.3 Å². The molecule has 0 spiro atoms. The number of ketones is 1. The molecule has 17 heavy (non-hydrogen) atoms. The number of halogens is 1. The average Bonchev–Trinajstić information content (AvgIpc) is 2.53. The minimum atomic E-state index is -0.611. The van der Waals surface area contributed by atoms with Gasteiger partial charge in [0.05, 0.1) is 23.0 Å². The van der Waals surface area contributed by atoms with Gasteiger partial charge in [0.15, 0.2) is 11.6 Å². The third-order valence-corrected chi connectivity index (χ3v) is 2.75. The van der Waals surface area contributed by atoms with Crippen molar-refractivity contribution in [2.75, 3.05) is 0 Å². The maximum absolute atomic E-state index is 13.5. The Morgan fingerprint density at radius 2 is 2.12 bits per heavy atom. The van der Waals surface area contributed by atoms with E-state index in [9.17, 15) is 9.18 Å². The number of carbonyl (C=O) groups excluding carboxylic acids is 1. The minimum absolute atomic E-state index is 0.0270. The number of hydrogen-bond acceptors (Lipinski definition) is 3. The topological polar surface area (TPSA) is 47.8 Å². The van der Waals surface area contributed by atoms with Crippen LogP contribution in [0.5, 0.6) is 0 Å². The number of pyridine rings is 1. The molecule has 0 saturated heterocycles. The largest absolute Gasteiger partial charge is 0.288 e. The molecule has 0 amide bonds. The first-order valence-corrected chi connectivity index (χ1v) is 5.16. The molecule has 88 valence electrons. The van der Waals surface area contributed by atoms with Gasteiger partial charge in [0.25, 0.3) is 0 Å². The van der Waals surface area contributed by atoms with Crippen molar-refractivity contribution in [1.29, 1.82) is 0 Å². The molecule has 0 fully saturated rings. The van der Waals surface area contributed by atoms with Crippen LogP contribution in [0.1, 0.15) is 27.3 Å². The Labute approximate surface area is 98.1 Å². The molecule has 0 aliphatic carbocycles. The Morgan fingerprint density at radius 1 is 1.41 bits per heavy atom. The molecule has 4 nitrogen and oxygen atoms in total. The highest BCUT2D eigenvalue weighted by Crippen LogP contribution is 2.18. The van der Waals surface area contributed by atoms with Crippen LogP contribution in [0.4, 0.5) is 4.39 Å². The maximum atomic E-state index is 13.5. The first-order valence-electron chi connectivity index (χ1n) is 5.16. The molecule has 0 N–H and O–H groups in total. The van der Waals surface area contributed by atoms with E-state index in [0.717, 1.165) is 11.9 Å². The zero-order valence-corrected chi connectivity index (χ0v) is 9.86. The highest BCUT2D eigenvalue weighted by Gasteiger charge is 2.21. The Morgan fingerprint density at radius 3 is 2.65 bits per heavy atom. The Kier molecular flexibility index (Phi) is 2.75. The van der Waals surface area contributed by atoms with Crippen LogP contribution < -0.4 is 0 Å². The molecular formula is C12H12FN3O. The van der Waals surface area contributed by atoms with Crippen molar-refractivity contribution in [3.8, 4) is 0 Å². The average molecular weight is 233 g/mol. The van der Waals surface area contributed by atoms with E-state index >= 15 is 0 Å². The third kappa shape index (κ3) is 1.84. The highest BCUT2D eigenvalue weighted by molar-refractivity contribution is 6.10. The van der Waals surface area contributed by atoms with E-state index in [1.807, 2.05) is 0 Å². The summed E-state index contributed by atoms with van der Waals surface area (Å²) in [7, 11) is 1.75. The van der Waals surface area contributed by atoms with Crippen LogP contribution in [-0.4, -0.2) is 20.5 Å². The van der Waals surface area contributed by atoms with Gasteiger partial charge in [0, 0.05) is 18.9 Å². The number of aromatic nitrogens is 3. The van der Waals surface area contributed by atoms with Gasteiger partial charge >= 0.3 is 0 Å². The van der Waals surface area contributed by atoms with Crippen molar-refractivity contribution in [3.05, 3.63) is 46.8 Å². The zero-order valence-electron chi connectivity index (χ0n) is 9.86. The van der Waals surface area contributed by atoms with Gasteiger partial charge in [0.2, 0.25) is 0 Å². The fraction of sp³-hybridized carbons (Fsp3) is 0.250. The lowest BCUT2D eigenvalue weighted by Crippen LogP contribution is -2.07. The summed E-state index contributed by atoms with van der Waals surface area (Å²) < 4.78 is 15.1. The summed E-state index contributed by atoms with van der Waals surface area (Å²) in [6.45, 7) is 3.52. The summed E-state index contributed by atoms with van der Waals surface area (Å²) in [5.74, 6) is -0.965. The van der Waals surface area contributed by atoms with E-state index in [1.165, 1.54) is 12.3 Å².